The molecule has 1 aromatic heterocycles. The van der Waals surface area contributed by atoms with Gasteiger partial charge >= 0.3 is 6.01 Å². The van der Waals surface area contributed by atoms with E-state index in [4.69, 9.17) is 23.4 Å². The quantitative estimate of drug-likeness (QED) is 0.461. The molecule has 9 heteroatoms. The van der Waals surface area contributed by atoms with Crippen LogP contribution in [-0.4, -0.2) is 42.5 Å². The molecule has 0 aliphatic heterocycles. The Bertz CT molecular complexity index is 1010. The van der Waals surface area contributed by atoms with Crippen LogP contribution in [-0.2, 0) is 0 Å². The highest BCUT2D eigenvalue weighted by Gasteiger charge is 2.19. The largest absolute Gasteiger partial charge is 0.494 e. The van der Waals surface area contributed by atoms with Crippen LogP contribution >= 0.6 is 0 Å². The molecule has 170 valence electrons. The second kappa shape index (κ2) is 11.0. The van der Waals surface area contributed by atoms with Crippen molar-refractivity contribution in [1.29, 1.82) is 0 Å². The standard InChI is InChI=1S/C23H27N3O6/c1-5-28-17-11-9-15(10-12-17)21(27)24-23-26-25-22(32-23)16-13-18(29-6-2)20(31-8-4)19(14-16)30-7-3/h9-14H,5-8H2,1-4H3,(H,24,26,27). The summed E-state index contributed by atoms with van der Waals surface area (Å²) in [5, 5.41) is 10.6. The first-order chi connectivity index (χ1) is 15.6. The number of carbonyl (C=O) groups is 1. The van der Waals surface area contributed by atoms with E-state index < -0.39 is 0 Å². The van der Waals surface area contributed by atoms with E-state index in [2.05, 4.69) is 15.5 Å². The van der Waals surface area contributed by atoms with Crippen LogP contribution in [0.4, 0.5) is 6.01 Å². The lowest BCUT2D eigenvalue weighted by atomic mass is 10.2. The highest BCUT2D eigenvalue weighted by molar-refractivity contribution is 6.03. The predicted octanol–water partition coefficient (Wildman–Crippen LogP) is 4.58. The second-order valence-electron chi connectivity index (χ2n) is 6.42. The predicted molar refractivity (Wildman–Crippen MR) is 119 cm³/mol. The first kappa shape index (κ1) is 22.9. The lowest BCUT2D eigenvalue weighted by molar-refractivity contribution is 0.102. The Morgan fingerprint density at radius 3 is 2.00 bits per heavy atom. The molecule has 0 saturated heterocycles. The van der Waals surface area contributed by atoms with Gasteiger partial charge in [0, 0.05) is 11.1 Å². The average Bonchev–Trinajstić information content (AvgIpc) is 3.25. The maximum atomic E-state index is 12.5. The zero-order valence-electron chi connectivity index (χ0n) is 18.6. The van der Waals surface area contributed by atoms with Gasteiger partial charge in [0.05, 0.1) is 26.4 Å². The molecule has 2 aromatic carbocycles. The van der Waals surface area contributed by atoms with Gasteiger partial charge in [-0.1, -0.05) is 5.10 Å². The molecule has 0 atom stereocenters. The van der Waals surface area contributed by atoms with Crippen molar-refractivity contribution in [2.75, 3.05) is 31.7 Å². The smallest absolute Gasteiger partial charge is 0.322 e. The minimum absolute atomic E-state index is 0.0244. The first-order valence-corrected chi connectivity index (χ1v) is 10.5. The Balaban J connectivity index is 1.82. The van der Waals surface area contributed by atoms with Crippen molar-refractivity contribution < 1.29 is 28.2 Å². The second-order valence-corrected chi connectivity index (χ2v) is 6.42. The summed E-state index contributed by atoms with van der Waals surface area (Å²) in [6.07, 6.45) is 0. The van der Waals surface area contributed by atoms with Crippen molar-refractivity contribution in [3.8, 4) is 34.5 Å². The van der Waals surface area contributed by atoms with Gasteiger partial charge < -0.3 is 23.4 Å². The molecular formula is C23H27N3O6. The van der Waals surface area contributed by atoms with Crippen LogP contribution < -0.4 is 24.3 Å². The number of anilines is 1. The third-order valence-corrected chi connectivity index (χ3v) is 4.23. The first-order valence-electron chi connectivity index (χ1n) is 10.5. The maximum Gasteiger partial charge on any atom is 0.322 e. The fourth-order valence-corrected chi connectivity index (χ4v) is 2.94. The molecule has 0 saturated carbocycles. The highest BCUT2D eigenvalue weighted by Crippen LogP contribution is 2.41. The van der Waals surface area contributed by atoms with Crippen LogP contribution in [0.5, 0.6) is 23.0 Å². The number of aromatic nitrogens is 2. The molecule has 0 bridgehead atoms. The van der Waals surface area contributed by atoms with Gasteiger partial charge in [-0.2, -0.15) is 0 Å². The van der Waals surface area contributed by atoms with Gasteiger partial charge in [-0.25, -0.2) is 0 Å². The van der Waals surface area contributed by atoms with E-state index in [-0.39, 0.29) is 17.8 Å². The van der Waals surface area contributed by atoms with E-state index in [9.17, 15) is 4.79 Å². The van der Waals surface area contributed by atoms with Crippen molar-refractivity contribution in [1.82, 2.24) is 10.2 Å². The van der Waals surface area contributed by atoms with Crippen molar-refractivity contribution >= 4 is 11.9 Å². The maximum absolute atomic E-state index is 12.5. The third-order valence-electron chi connectivity index (χ3n) is 4.23. The monoisotopic (exact) mass is 441 g/mol. The molecule has 0 unspecified atom stereocenters. The minimum atomic E-state index is -0.375. The SMILES string of the molecule is CCOc1ccc(C(=O)Nc2nnc(-c3cc(OCC)c(OCC)c(OCC)c3)o2)cc1. The molecule has 3 aromatic rings. The lowest BCUT2D eigenvalue weighted by Crippen LogP contribution is -2.12. The number of hydrogen-bond donors (Lipinski definition) is 1. The van der Waals surface area contributed by atoms with E-state index in [0.717, 1.165) is 0 Å². The van der Waals surface area contributed by atoms with Crippen LogP contribution in [0, 0.1) is 0 Å². The minimum Gasteiger partial charge on any atom is -0.494 e. The Kier molecular flexibility index (Phi) is 7.91. The van der Waals surface area contributed by atoms with E-state index >= 15 is 0 Å². The van der Waals surface area contributed by atoms with Crippen LogP contribution in [0.15, 0.2) is 40.8 Å². The molecule has 0 aliphatic carbocycles. The lowest BCUT2D eigenvalue weighted by Gasteiger charge is -2.16. The Hall–Kier alpha value is -3.75. The number of benzene rings is 2. The Labute approximate surface area is 186 Å². The van der Waals surface area contributed by atoms with Crippen LogP contribution in [0.3, 0.4) is 0 Å². The number of hydrogen-bond acceptors (Lipinski definition) is 8. The van der Waals surface area contributed by atoms with Gasteiger partial charge in [-0.3, -0.25) is 10.1 Å². The summed E-state index contributed by atoms with van der Waals surface area (Å²) in [6, 6.07) is 10.2. The third kappa shape index (κ3) is 5.48. The molecule has 3 rings (SSSR count). The summed E-state index contributed by atoms with van der Waals surface area (Å²) in [7, 11) is 0. The van der Waals surface area contributed by atoms with Gasteiger partial charge in [0.2, 0.25) is 11.6 Å². The number of nitrogens with zero attached hydrogens (tertiary/aromatic N) is 2. The van der Waals surface area contributed by atoms with Crippen molar-refractivity contribution in [3.63, 3.8) is 0 Å². The van der Waals surface area contributed by atoms with Gasteiger partial charge in [0.25, 0.3) is 5.91 Å². The molecule has 1 heterocycles. The molecule has 1 N–H and O–H groups in total. The highest BCUT2D eigenvalue weighted by atomic mass is 16.5. The molecule has 1 amide bonds. The Morgan fingerprint density at radius 1 is 0.844 bits per heavy atom. The zero-order valence-corrected chi connectivity index (χ0v) is 18.6. The molecular weight excluding hydrogens is 414 g/mol. The van der Waals surface area contributed by atoms with Gasteiger partial charge in [0.1, 0.15) is 5.75 Å². The zero-order chi connectivity index (χ0) is 22.9. The molecule has 9 nitrogen and oxygen atoms in total. The van der Waals surface area contributed by atoms with E-state index in [1.807, 2.05) is 27.7 Å². The van der Waals surface area contributed by atoms with Crippen molar-refractivity contribution in [2.45, 2.75) is 27.7 Å². The summed E-state index contributed by atoms with van der Waals surface area (Å²) in [6.45, 7) is 9.45. The Morgan fingerprint density at radius 2 is 1.44 bits per heavy atom. The summed E-state index contributed by atoms with van der Waals surface area (Å²) < 4.78 is 28.2. The summed E-state index contributed by atoms with van der Waals surface area (Å²) >= 11 is 0. The normalized spacial score (nSPS) is 10.5. The average molecular weight is 441 g/mol. The summed E-state index contributed by atoms with van der Waals surface area (Å²) in [5.74, 6) is 2.05. The molecule has 0 radical (unpaired) electrons. The fourth-order valence-electron chi connectivity index (χ4n) is 2.94. The number of rotatable bonds is 11. The van der Waals surface area contributed by atoms with Crippen molar-refractivity contribution in [3.05, 3.63) is 42.0 Å². The molecule has 0 aliphatic rings. The fraction of sp³-hybridized carbons (Fsp3) is 0.348. The summed E-state index contributed by atoms with van der Waals surface area (Å²) in [5.41, 5.74) is 1.01. The molecule has 32 heavy (non-hydrogen) atoms. The van der Waals surface area contributed by atoms with Crippen LogP contribution in [0.25, 0.3) is 11.5 Å². The van der Waals surface area contributed by atoms with E-state index in [1.54, 1.807) is 36.4 Å². The van der Waals surface area contributed by atoms with Crippen LogP contribution in [0.1, 0.15) is 38.1 Å². The topological polar surface area (TPSA) is 105 Å². The van der Waals surface area contributed by atoms with E-state index in [1.165, 1.54) is 0 Å². The van der Waals surface area contributed by atoms with Gasteiger partial charge in [-0.15, -0.1) is 5.10 Å². The number of nitrogens with one attached hydrogen (secondary N) is 1. The van der Waals surface area contributed by atoms with Crippen LogP contribution in [0.2, 0.25) is 0 Å². The van der Waals surface area contributed by atoms with Gasteiger partial charge in [-0.05, 0) is 64.1 Å². The molecule has 0 fully saturated rings. The van der Waals surface area contributed by atoms with Gasteiger partial charge in [0.15, 0.2) is 11.5 Å². The van der Waals surface area contributed by atoms with E-state index in [0.29, 0.717) is 60.6 Å². The molecule has 0 spiro atoms. The number of amides is 1. The number of ether oxygens (including phenoxy) is 4. The van der Waals surface area contributed by atoms with Crippen molar-refractivity contribution in [2.24, 2.45) is 0 Å². The number of carbonyl (C=O) groups excluding carboxylic acids is 1. The summed E-state index contributed by atoms with van der Waals surface area (Å²) in [4.78, 5) is 12.5.